The third-order valence-corrected chi connectivity index (χ3v) is 6.61. The molecule has 4 rings (SSSR count). The third kappa shape index (κ3) is 6.42. The van der Waals surface area contributed by atoms with E-state index in [-0.39, 0.29) is 24.2 Å². The number of nitrogens with zero attached hydrogens (tertiary/aromatic N) is 2. The van der Waals surface area contributed by atoms with E-state index in [1.165, 1.54) is 24.3 Å². The quantitative estimate of drug-likeness (QED) is 0.451. The van der Waals surface area contributed by atoms with Gasteiger partial charge in [-0.05, 0) is 101 Å². The number of aryl methyl sites for hydroxylation is 2. The van der Waals surface area contributed by atoms with E-state index in [0.717, 1.165) is 47.9 Å². The van der Waals surface area contributed by atoms with E-state index >= 15 is 0 Å². The van der Waals surface area contributed by atoms with Gasteiger partial charge in [0.2, 0.25) is 5.91 Å². The monoisotopic (exact) mass is 495 g/mol. The van der Waals surface area contributed by atoms with Crippen LogP contribution in [0.15, 0.2) is 40.9 Å². The smallest absolute Gasteiger partial charge is 0.410 e. The van der Waals surface area contributed by atoms with Crippen molar-refractivity contribution in [3.8, 4) is 0 Å². The standard InChI is InChI=1S/C28H34FN3O4/c1-18-20(17-25(33)30-22-9-7-21(29)8-10-22)6-11-23-24(31-36-26(18)23)12-5-19-13-15-32(16-14-19)27(34)35-28(2,3)4/h6-11,19H,5,12-17H2,1-4H3,(H,30,33). The maximum atomic E-state index is 13.1. The van der Waals surface area contributed by atoms with Crippen LogP contribution in [0.2, 0.25) is 0 Å². The molecule has 1 N–H and O–H groups in total. The molecule has 0 aliphatic carbocycles. The summed E-state index contributed by atoms with van der Waals surface area (Å²) >= 11 is 0. The minimum Gasteiger partial charge on any atom is -0.444 e. The number of anilines is 1. The van der Waals surface area contributed by atoms with Crippen molar-refractivity contribution in [2.75, 3.05) is 18.4 Å². The summed E-state index contributed by atoms with van der Waals surface area (Å²) in [5.41, 5.74) is 3.46. The predicted octanol–water partition coefficient (Wildman–Crippen LogP) is 6.04. The molecular weight excluding hydrogens is 461 g/mol. The van der Waals surface area contributed by atoms with Gasteiger partial charge < -0.3 is 19.5 Å². The lowest BCUT2D eigenvalue weighted by Gasteiger charge is -2.33. The Morgan fingerprint density at radius 3 is 2.50 bits per heavy atom. The molecule has 1 saturated heterocycles. The first-order valence-electron chi connectivity index (χ1n) is 12.5. The molecule has 7 nitrogen and oxygen atoms in total. The third-order valence-electron chi connectivity index (χ3n) is 6.61. The molecule has 0 bridgehead atoms. The van der Waals surface area contributed by atoms with Gasteiger partial charge in [-0.3, -0.25) is 4.79 Å². The lowest BCUT2D eigenvalue weighted by Crippen LogP contribution is -2.41. The van der Waals surface area contributed by atoms with Crippen molar-refractivity contribution in [1.82, 2.24) is 10.1 Å². The highest BCUT2D eigenvalue weighted by molar-refractivity contribution is 5.93. The van der Waals surface area contributed by atoms with E-state index in [1.54, 1.807) is 4.90 Å². The lowest BCUT2D eigenvalue weighted by atomic mass is 9.91. The molecule has 8 heteroatoms. The fourth-order valence-corrected chi connectivity index (χ4v) is 4.58. The van der Waals surface area contributed by atoms with Crippen molar-refractivity contribution in [3.63, 3.8) is 0 Å². The number of amides is 2. The zero-order chi connectivity index (χ0) is 25.9. The first kappa shape index (κ1) is 25.7. The highest BCUT2D eigenvalue weighted by Gasteiger charge is 2.27. The van der Waals surface area contributed by atoms with Crippen molar-refractivity contribution in [2.24, 2.45) is 5.92 Å². The second kappa shape index (κ2) is 10.7. The maximum Gasteiger partial charge on any atom is 0.410 e. The normalized spacial score (nSPS) is 14.8. The Labute approximate surface area is 211 Å². The van der Waals surface area contributed by atoms with Crippen LogP contribution in [0.4, 0.5) is 14.9 Å². The minimum absolute atomic E-state index is 0.179. The number of fused-ring (bicyclic) bond motifs is 1. The average Bonchev–Trinajstić information content (AvgIpc) is 3.24. The van der Waals surface area contributed by atoms with E-state index in [9.17, 15) is 14.0 Å². The largest absolute Gasteiger partial charge is 0.444 e. The van der Waals surface area contributed by atoms with Crippen LogP contribution in [0.3, 0.4) is 0 Å². The molecule has 2 amide bonds. The molecule has 2 aromatic carbocycles. The number of benzene rings is 2. The maximum absolute atomic E-state index is 13.1. The number of hydrogen-bond donors (Lipinski definition) is 1. The Kier molecular flexibility index (Phi) is 7.62. The van der Waals surface area contributed by atoms with E-state index in [2.05, 4.69) is 10.5 Å². The van der Waals surface area contributed by atoms with Crippen LogP contribution >= 0.6 is 0 Å². The second-order valence-corrected chi connectivity index (χ2v) is 10.5. The Bertz CT molecular complexity index is 1220. The highest BCUT2D eigenvalue weighted by Crippen LogP contribution is 2.29. The summed E-state index contributed by atoms with van der Waals surface area (Å²) in [4.78, 5) is 26.6. The van der Waals surface area contributed by atoms with Gasteiger partial charge in [0.1, 0.15) is 11.4 Å². The summed E-state index contributed by atoms with van der Waals surface area (Å²) in [6, 6.07) is 9.61. The molecule has 0 atom stereocenters. The van der Waals surface area contributed by atoms with E-state index in [4.69, 9.17) is 9.26 Å². The molecule has 2 heterocycles. The number of nitrogens with one attached hydrogen (secondary N) is 1. The number of piperidine rings is 1. The van der Waals surface area contributed by atoms with Crippen LogP contribution in [0, 0.1) is 18.7 Å². The van der Waals surface area contributed by atoms with E-state index < -0.39 is 5.60 Å². The van der Waals surface area contributed by atoms with Gasteiger partial charge in [-0.1, -0.05) is 11.2 Å². The summed E-state index contributed by atoms with van der Waals surface area (Å²) < 4.78 is 24.2. The van der Waals surface area contributed by atoms with E-state index in [1.807, 2.05) is 39.8 Å². The van der Waals surface area contributed by atoms with Crippen LogP contribution in [-0.2, 0) is 22.4 Å². The summed E-state index contributed by atoms with van der Waals surface area (Å²) in [7, 11) is 0. The summed E-state index contributed by atoms with van der Waals surface area (Å²) in [5, 5.41) is 8.09. The first-order chi connectivity index (χ1) is 17.1. The molecule has 36 heavy (non-hydrogen) atoms. The Balaban J connectivity index is 1.32. The zero-order valence-electron chi connectivity index (χ0n) is 21.4. The number of carbonyl (C=O) groups excluding carboxylic acids is 2. The van der Waals surface area contributed by atoms with Gasteiger partial charge in [0, 0.05) is 24.2 Å². The minimum atomic E-state index is -0.480. The average molecular weight is 496 g/mol. The van der Waals surface area contributed by atoms with Crippen molar-refractivity contribution in [3.05, 3.63) is 59.0 Å². The molecule has 0 unspecified atom stereocenters. The molecule has 0 radical (unpaired) electrons. The molecule has 1 fully saturated rings. The SMILES string of the molecule is Cc1c(CC(=O)Nc2ccc(F)cc2)ccc2c(CCC3CCN(C(=O)OC(C)(C)C)CC3)noc12. The molecular formula is C28H34FN3O4. The van der Waals surface area contributed by atoms with Gasteiger partial charge >= 0.3 is 6.09 Å². The van der Waals surface area contributed by atoms with Crippen LogP contribution in [-0.4, -0.2) is 40.7 Å². The molecule has 1 aliphatic heterocycles. The van der Waals surface area contributed by atoms with Gasteiger partial charge in [0.05, 0.1) is 12.1 Å². The summed E-state index contributed by atoms with van der Waals surface area (Å²) in [6.07, 6.45) is 3.62. The number of aromatic nitrogens is 1. The Morgan fingerprint density at radius 1 is 1.14 bits per heavy atom. The highest BCUT2D eigenvalue weighted by atomic mass is 19.1. The first-order valence-corrected chi connectivity index (χ1v) is 12.5. The zero-order valence-corrected chi connectivity index (χ0v) is 21.4. The topological polar surface area (TPSA) is 84.7 Å². The van der Waals surface area contributed by atoms with Crippen LogP contribution < -0.4 is 5.32 Å². The fraction of sp³-hybridized carbons (Fsp3) is 0.464. The number of rotatable bonds is 6. The molecule has 0 saturated carbocycles. The van der Waals surface area contributed by atoms with Crippen molar-refractivity contribution >= 4 is 28.7 Å². The number of halogens is 1. The number of ether oxygens (including phenoxy) is 1. The van der Waals surface area contributed by atoms with Crippen molar-refractivity contribution < 1.29 is 23.2 Å². The summed E-state index contributed by atoms with van der Waals surface area (Å²) in [6.45, 7) is 9.00. The van der Waals surface area contributed by atoms with Gasteiger partial charge in [-0.25, -0.2) is 9.18 Å². The Morgan fingerprint density at radius 2 is 1.83 bits per heavy atom. The van der Waals surface area contributed by atoms with E-state index in [0.29, 0.717) is 30.3 Å². The molecule has 1 aromatic heterocycles. The number of hydrogen-bond acceptors (Lipinski definition) is 5. The Hall–Kier alpha value is -3.42. The van der Waals surface area contributed by atoms with Gasteiger partial charge in [-0.15, -0.1) is 0 Å². The molecule has 0 spiro atoms. The number of likely N-dealkylation sites (tertiary alicyclic amines) is 1. The van der Waals surface area contributed by atoms with Crippen molar-refractivity contribution in [1.29, 1.82) is 0 Å². The molecule has 1 aliphatic rings. The van der Waals surface area contributed by atoms with Gasteiger partial charge in [0.25, 0.3) is 0 Å². The van der Waals surface area contributed by atoms with Crippen LogP contribution in [0.25, 0.3) is 11.0 Å². The van der Waals surface area contributed by atoms with Gasteiger partial charge in [-0.2, -0.15) is 0 Å². The molecule has 3 aromatic rings. The van der Waals surface area contributed by atoms with Gasteiger partial charge in [0.15, 0.2) is 5.58 Å². The molecule has 192 valence electrons. The lowest BCUT2D eigenvalue weighted by molar-refractivity contribution is -0.115. The number of carbonyl (C=O) groups is 2. The summed E-state index contributed by atoms with van der Waals surface area (Å²) in [5.74, 6) is -0.00540. The fourth-order valence-electron chi connectivity index (χ4n) is 4.58. The predicted molar refractivity (Wildman–Crippen MR) is 136 cm³/mol. The van der Waals surface area contributed by atoms with Crippen LogP contribution in [0.5, 0.6) is 0 Å². The van der Waals surface area contributed by atoms with Crippen molar-refractivity contribution in [2.45, 2.75) is 65.4 Å². The second-order valence-electron chi connectivity index (χ2n) is 10.5. The van der Waals surface area contributed by atoms with Crippen LogP contribution in [0.1, 0.15) is 56.9 Å².